The minimum absolute atomic E-state index is 0.0605. The van der Waals surface area contributed by atoms with E-state index in [4.69, 9.17) is 14.2 Å². The number of carbonyl (C=O) groups excluding carboxylic acids is 4. The van der Waals surface area contributed by atoms with Gasteiger partial charge in [-0.2, -0.15) is 0 Å². The number of unbranched alkanes of at least 4 members (excludes halogenated alkanes) is 1. The summed E-state index contributed by atoms with van der Waals surface area (Å²) in [6, 6.07) is 0. The molecule has 3 atom stereocenters. The fraction of sp³-hybridized carbons (Fsp3) is 0.655. The standard InChI is InChI=1S/C27H42N2O7.C2H6/c1-9-10-14-28(8)25(32)22-12-11-13-23(19(2)17-22)29(18-30)15-16-34-20(3)24(35-21(4)31)26(33)36-27(5,6)7;1-2/h11-13,17-20,24H,9-10,14-16H2,1-8H3;1-2H3/t19?,20-,24+;/m0./s1. The van der Waals surface area contributed by atoms with Gasteiger partial charge in [-0.3, -0.25) is 14.4 Å². The highest BCUT2D eigenvalue weighted by Crippen LogP contribution is 2.22. The number of carbonyl (C=O) groups is 4. The van der Waals surface area contributed by atoms with Gasteiger partial charge in [-0.15, -0.1) is 0 Å². The lowest BCUT2D eigenvalue weighted by Gasteiger charge is -2.28. The van der Waals surface area contributed by atoms with Crippen molar-refractivity contribution in [3.05, 3.63) is 35.6 Å². The van der Waals surface area contributed by atoms with E-state index in [2.05, 4.69) is 6.92 Å². The van der Waals surface area contributed by atoms with Gasteiger partial charge < -0.3 is 24.0 Å². The average molecular weight is 537 g/mol. The molecule has 0 saturated heterocycles. The van der Waals surface area contributed by atoms with Crippen LogP contribution in [0.2, 0.25) is 0 Å². The summed E-state index contributed by atoms with van der Waals surface area (Å²) in [5.41, 5.74) is 0.530. The van der Waals surface area contributed by atoms with Crippen LogP contribution in [0.3, 0.4) is 0 Å². The number of allylic oxidation sites excluding steroid dienone is 3. The van der Waals surface area contributed by atoms with Gasteiger partial charge in [0.25, 0.3) is 5.91 Å². The van der Waals surface area contributed by atoms with Gasteiger partial charge in [0.15, 0.2) is 0 Å². The third-order valence-corrected chi connectivity index (χ3v) is 5.41. The molecule has 9 nitrogen and oxygen atoms in total. The maximum Gasteiger partial charge on any atom is 0.350 e. The van der Waals surface area contributed by atoms with Gasteiger partial charge in [0.2, 0.25) is 12.5 Å². The molecule has 0 saturated carbocycles. The molecule has 0 aromatic carbocycles. The molecular weight excluding hydrogens is 488 g/mol. The maximum absolute atomic E-state index is 12.8. The number of nitrogens with zero attached hydrogens (tertiary/aromatic N) is 2. The van der Waals surface area contributed by atoms with Crippen LogP contribution in [0.1, 0.15) is 75.2 Å². The molecule has 38 heavy (non-hydrogen) atoms. The largest absolute Gasteiger partial charge is 0.457 e. The number of rotatable bonds is 13. The summed E-state index contributed by atoms with van der Waals surface area (Å²) in [5, 5.41) is 0. The smallest absolute Gasteiger partial charge is 0.350 e. The van der Waals surface area contributed by atoms with Crippen LogP contribution in [-0.2, 0) is 33.4 Å². The monoisotopic (exact) mass is 536 g/mol. The van der Waals surface area contributed by atoms with Crippen molar-refractivity contribution in [3.8, 4) is 0 Å². The van der Waals surface area contributed by atoms with E-state index in [0.29, 0.717) is 24.2 Å². The van der Waals surface area contributed by atoms with Gasteiger partial charge >= 0.3 is 11.9 Å². The zero-order chi connectivity index (χ0) is 29.5. The van der Waals surface area contributed by atoms with Gasteiger partial charge in [0.1, 0.15) is 11.7 Å². The van der Waals surface area contributed by atoms with Crippen LogP contribution in [0.4, 0.5) is 0 Å². The van der Waals surface area contributed by atoms with Crippen molar-refractivity contribution in [1.82, 2.24) is 9.80 Å². The Kier molecular flexibility index (Phi) is 16.2. The highest BCUT2D eigenvalue weighted by Gasteiger charge is 2.33. The lowest BCUT2D eigenvalue weighted by atomic mass is 10.0. The molecule has 1 aliphatic rings. The first-order valence-electron chi connectivity index (χ1n) is 13.4. The molecule has 0 radical (unpaired) electrons. The fourth-order valence-electron chi connectivity index (χ4n) is 3.57. The van der Waals surface area contributed by atoms with E-state index in [9.17, 15) is 19.2 Å². The van der Waals surface area contributed by atoms with E-state index in [-0.39, 0.29) is 25.0 Å². The van der Waals surface area contributed by atoms with Crippen molar-refractivity contribution < 1.29 is 33.4 Å². The topological polar surface area (TPSA) is 102 Å². The molecular formula is C29H48N2O7. The molecule has 0 aromatic rings. The zero-order valence-electron chi connectivity index (χ0n) is 24.9. The zero-order valence-corrected chi connectivity index (χ0v) is 24.9. The number of hydrogen-bond donors (Lipinski definition) is 0. The Morgan fingerprint density at radius 1 is 1.16 bits per heavy atom. The van der Waals surface area contributed by atoms with Crippen molar-refractivity contribution in [1.29, 1.82) is 0 Å². The van der Waals surface area contributed by atoms with Crippen molar-refractivity contribution in [2.75, 3.05) is 26.7 Å². The summed E-state index contributed by atoms with van der Waals surface area (Å²) < 4.78 is 16.2. The molecule has 0 fully saturated rings. The second kappa shape index (κ2) is 17.5. The van der Waals surface area contributed by atoms with Crippen LogP contribution < -0.4 is 0 Å². The second-order valence-corrected chi connectivity index (χ2v) is 9.88. The van der Waals surface area contributed by atoms with Gasteiger partial charge in [-0.05, 0) is 46.3 Å². The molecule has 0 bridgehead atoms. The Labute approximate surface area is 228 Å². The van der Waals surface area contributed by atoms with E-state index in [1.807, 2.05) is 26.8 Å². The molecule has 9 heteroatoms. The van der Waals surface area contributed by atoms with E-state index < -0.39 is 29.7 Å². The first kappa shape index (κ1) is 35.1. The third kappa shape index (κ3) is 12.5. The predicted molar refractivity (Wildman–Crippen MR) is 148 cm³/mol. The second-order valence-electron chi connectivity index (χ2n) is 9.88. The van der Waals surface area contributed by atoms with Crippen LogP contribution in [0.5, 0.6) is 0 Å². The number of esters is 2. The van der Waals surface area contributed by atoms with Gasteiger partial charge in [0, 0.05) is 44.2 Å². The Hall–Kier alpha value is -2.94. The number of ether oxygens (including phenoxy) is 3. The molecule has 1 unspecified atom stereocenters. The number of hydrogen-bond acceptors (Lipinski definition) is 7. The van der Waals surface area contributed by atoms with E-state index in [0.717, 1.165) is 12.8 Å². The SMILES string of the molecule is CC.CCCCN(C)C(=O)C1=CC(C)C(N(C=O)CCO[C@@H](C)[C@@H](OC(C)=O)C(=O)OC(C)(C)C)=CC=C1. The van der Waals surface area contributed by atoms with Crippen LogP contribution in [-0.4, -0.2) is 78.6 Å². The summed E-state index contributed by atoms with van der Waals surface area (Å²) in [6.07, 6.45) is 7.77. The fourth-order valence-corrected chi connectivity index (χ4v) is 3.57. The third-order valence-electron chi connectivity index (χ3n) is 5.41. The van der Waals surface area contributed by atoms with Crippen LogP contribution in [0, 0.1) is 5.92 Å². The van der Waals surface area contributed by atoms with Crippen molar-refractivity contribution in [3.63, 3.8) is 0 Å². The highest BCUT2D eigenvalue weighted by molar-refractivity contribution is 5.96. The summed E-state index contributed by atoms with van der Waals surface area (Å²) in [4.78, 5) is 51.9. The molecule has 0 N–H and O–H groups in total. The van der Waals surface area contributed by atoms with Crippen LogP contribution in [0.25, 0.3) is 0 Å². The first-order chi connectivity index (χ1) is 17.8. The minimum Gasteiger partial charge on any atom is -0.457 e. The molecule has 1 rings (SSSR count). The van der Waals surface area contributed by atoms with E-state index >= 15 is 0 Å². The van der Waals surface area contributed by atoms with Crippen molar-refractivity contribution in [2.24, 2.45) is 5.92 Å². The molecule has 216 valence electrons. The molecule has 2 amide bonds. The Morgan fingerprint density at radius 2 is 1.79 bits per heavy atom. The van der Waals surface area contributed by atoms with E-state index in [1.54, 1.807) is 57.9 Å². The van der Waals surface area contributed by atoms with E-state index in [1.165, 1.54) is 11.8 Å². The minimum atomic E-state index is -1.23. The quantitative estimate of drug-likeness (QED) is 0.254. The Bertz CT molecular complexity index is 871. The normalized spacial score (nSPS) is 16.4. The summed E-state index contributed by atoms with van der Waals surface area (Å²) in [7, 11) is 1.78. The van der Waals surface area contributed by atoms with Gasteiger partial charge in [-0.1, -0.05) is 46.3 Å². The van der Waals surface area contributed by atoms with Gasteiger partial charge in [0.05, 0.1) is 6.61 Å². The lowest BCUT2D eigenvalue weighted by Crippen LogP contribution is -2.43. The molecule has 0 aromatic heterocycles. The summed E-state index contributed by atoms with van der Waals surface area (Å²) in [6.45, 7) is 16.9. The summed E-state index contributed by atoms with van der Waals surface area (Å²) in [5.74, 6) is -1.59. The number of likely N-dealkylation sites (N-methyl/N-ethyl adjacent to an activating group) is 1. The number of amides is 2. The molecule has 0 spiro atoms. The predicted octanol–water partition coefficient (Wildman–Crippen LogP) is 4.42. The van der Waals surface area contributed by atoms with Crippen molar-refractivity contribution >= 4 is 24.3 Å². The maximum atomic E-state index is 12.8. The van der Waals surface area contributed by atoms with Crippen LogP contribution in [0.15, 0.2) is 35.6 Å². The molecule has 1 aliphatic carbocycles. The van der Waals surface area contributed by atoms with Crippen molar-refractivity contribution in [2.45, 2.75) is 93.0 Å². The highest BCUT2D eigenvalue weighted by atomic mass is 16.6. The van der Waals surface area contributed by atoms with Gasteiger partial charge in [-0.25, -0.2) is 4.79 Å². The lowest BCUT2D eigenvalue weighted by molar-refractivity contribution is -0.184. The average Bonchev–Trinajstić information content (AvgIpc) is 3.04. The molecule has 0 heterocycles. The summed E-state index contributed by atoms with van der Waals surface area (Å²) >= 11 is 0. The Balaban J connectivity index is 0.00000667. The molecule has 0 aliphatic heterocycles. The van der Waals surface area contributed by atoms with Crippen LogP contribution >= 0.6 is 0 Å². The Morgan fingerprint density at radius 3 is 2.32 bits per heavy atom. The first-order valence-corrected chi connectivity index (χ1v) is 13.4.